The molecule has 12 heavy (non-hydrogen) atoms. The molecule has 0 aliphatic rings. The van der Waals surface area contributed by atoms with Crippen molar-refractivity contribution >= 4 is 10.1 Å². The highest BCUT2D eigenvalue weighted by atomic mass is 32.2. The van der Waals surface area contributed by atoms with Crippen LogP contribution in [0.1, 0.15) is 5.56 Å². The molecule has 0 bridgehead atoms. The molecule has 0 saturated carbocycles. The van der Waals surface area contributed by atoms with E-state index in [2.05, 4.69) is 9.17 Å². The van der Waals surface area contributed by atoms with Crippen LogP contribution in [0.5, 0.6) is 0 Å². The normalized spacial score (nSPS) is 11.4. The standard InChI is InChI=1S/C7H9NO3S/c1-12(9,10)11-6-7-2-4-8-5-3-7/h2-5H,6H2,1H3. The quantitative estimate of drug-likeness (QED) is 0.649. The molecule has 0 atom stereocenters. The summed E-state index contributed by atoms with van der Waals surface area (Å²) in [7, 11) is -3.34. The number of hydrogen-bond acceptors (Lipinski definition) is 4. The summed E-state index contributed by atoms with van der Waals surface area (Å²) >= 11 is 0. The van der Waals surface area contributed by atoms with Gasteiger partial charge in [0.25, 0.3) is 10.1 Å². The van der Waals surface area contributed by atoms with Gasteiger partial charge in [0, 0.05) is 12.4 Å². The molecule has 0 amide bonds. The Bertz CT molecular complexity index is 333. The van der Waals surface area contributed by atoms with Gasteiger partial charge in [-0.3, -0.25) is 9.17 Å². The minimum absolute atomic E-state index is 0.0708. The van der Waals surface area contributed by atoms with Crippen LogP contribution in [0.15, 0.2) is 24.5 Å². The topological polar surface area (TPSA) is 56.3 Å². The zero-order valence-electron chi connectivity index (χ0n) is 6.60. The van der Waals surface area contributed by atoms with E-state index in [-0.39, 0.29) is 6.61 Å². The first-order valence-electron chi connectivity index (χ1n) is 3.31. The van der Waals surface area contributed by atoms with Gasteiger partial charge in [0.05, 0.1) is 12.9 Å². The maximum atomic E-state index is 10.6. The van der Waals surface area contributed by atoms with Gasteiger partial charge in [-0.05, 0) is 17.7 Å². The summed E-state index contributed by atoms with van der Waals surface area (Å²) in [6, 6.07) is 3.40. The Balaban J connectivity index is 2.56. The first kappa shape index (κ1) is 9.15. The van der Waals surface area contributed by atoms with E-state index in [0.717, 1.165) is 11.8 Å². The first-order valence-corrected chi connectivity index (χ1v) is 5.13. The van der Waals surface area contributed by atoms with Crippen LogP contribution in [0.3, 0.4) is 0 Å². The van der Waals surface area contributed by atoms with Crippen LogP contribution in [-0.2, 0) is 20.9 Å². The maximum absolute atomic E-state index is 10.6. The predicted molar refractivity (Wildman–Crippen MR) is 43.9 cm³/mol. The highest BCUT2D eigenvalue weighted by molar-refractivity contribution is 7.85. The molecule has 4 nitrogen and oxygen atoms in total. The average Bonchev–Trinajstić information content (AvgIpc) is 2.02. The van der Waals surface area contributed by atoms with E-state index in [4.69, 9.17) is 0 Å². The van der Waals surface area contributed by atoms with Crippen LogP contribution >= 0.6 is 0 Å². The van der Waals surface area contributed by atoms with Crippen LogP contribution in [0.2, 0.25) is 0 Å². The van der Waals surface area contributed by atoms with Crippen molar-refractivity contribution in [3.8, 4) is 0 Å². The Labute approximate surface area is 71.3 Å². The molecule has 0 aliphatic heterocycles. The molecule has 0 saturated heterocycles. The zero-order valence-corrected chi connectivity index (χ0v) is 7.41. The molecule has 0 unspecified atom stereocenters. The molecule has 0 fully saturated rings. The lowest BCUT2D eigenvalue weighted by molar-refractivity contribution is 0.311. The van der Waals surface area contributed by atoms with Crippen molar-refractivity contribution in [2.45, 2.75) is 6.61 Å². The SMILES string of the molecule is CS(=O)(=O)OCc1ccncc1. The van der Waals surface area contributed by atoms with Crippen LogP contribution in [0.25, 0.3) is 0 Å². The van der Waals surface area contributed by atoms with Crippen LogP contribution in [0.4, 0.5) is 0 Å². The summed E-state index contributed by atoms with van der Waals surface area (Å²) in [5.41, 5.74) is 0.787. The number of pyridine rings is 1. The van der Waals surface area contributed by atoms with E-state index >= 15 is 0 Å². The van der Waals surface area contributed by atoms with Gasteiger partial charge < -0.3 is 0 Å². The smallest absolute Gasteiger partial charge is 0.264 e. The summed E-state index contributed by atoms with van der Waals surface area (Å²) in [6.07, 6.45) is 4.19. The third-order valence-electron chi connectivity index (χ3n) is 1.19. The fraction of sp³-hybridized carbons (Fsp3) is 0.286. The molecule has 0 spiro atoms. The van der Waals surface area contributed by atoms with Crippen LogP contribution in [0, 0.1) is 0 Å². The Hall–Kier alpha value is -0.940. The summed E-state index contributed by atoms with van der Waals surface area (Å²) in [5, 5.41) is 0. The van der Waals surface area contributed by atoms with E-state index in [9.17, 15) is 8.42 Å². The Kier molecular flexibility index (Phi) is 2.78. The third-order valence-corrected chi connectivity index (χ3v) is 1.74. The summed E-state index contributed by atoms with van der Waals surface area (Å²) in [6.45, 7) is 0.0708. The summed E-state index contributed by atoms with van der Waals surface area (Å²) in [4.78, 5) is 3.78. The minimum Gasteiger partial charge on any atom is -0.265 e. The average molecular weight is 187 g/mol. The van der Waals surface area contributed by atoms with E-state index in [0.29, 0.717) is 0 Å². The summed E-state index contributed by atoms with van der Waals surface area (Å²) in [5.74, 6) is 0. The number of rotatable bonds is 3. The highest BCUT2D eigenvalue weighted by Crippen LogP contribution is 2.00. The van der Waals surface area contributed by atoms with Crippen LogP contribution in [-0.4, -0.2) is 19.7 Å². The highest BCUT2D eigenvalue weighted by Gasteiger charge is 2.01. The fourth-order valence-corrected chi connectivity index (χ4v) is 1.00. The molecule has 1 rings (SSSR count). The Morgan fingerprint density at radius 1 is 1.42 bits per heavy atom. The first-order chi connectivity index (χ1) is 5.58. The number of hydrogen-bond donors (Lipinski definition) is 0. The second-order valence-electron chi connectivity index (χ2n) is 2.32. The van der Waals surface area contributed by atoms with Gasteiger partial charge in [-0.1, -0.05) is 0 Å². The van der Waals surface area contributed by atoms with Gasteiger partial charge >= 0.3 is 0 Å². The van der Waals surface area contributed by atoms with Gasteiger partial charge in [0.15, 0.2) is 0 Å². The molecule has 0 aliphatic carbocycles. The van der Waals surface area contributed by atoms with E-state index < -0.39 is 10.1 Å². The molecule has 5 heteroatoms. The van der Waals surface area contributed by atoms with Crippen molar-refractivity contribution in [2.24, 2.45) is 0 Å². The molecule has 1 aromatic heterocycles. The molecular formula is C7H9NO3S. The lowest BCUT2D eigenvalue weighted by Crippen LogP contribution is -2.02. The maximum Gasteiger partial charge on any atom is 0.264 e. The Morgan fingerprint density at radius 3 is 2.50 bits per heavy atom. The van der Waals surface area contributed by atoms with E-state index in [1.807, 2.05) is 0 Å². The van der Waals surface area contributed by atoms with E-state index in [1.165, 1.54) is 0 Å². The van der Waals surface area contributed by atoms with Gasteiger partial charge in [-0.2, -0.15) is 8.42 Å². The molecule has 0 aromatic carbocycles. The van der Waals surface area contributed by atoms with Crippen molar-refractivity contribution in [2.75, 3.05) is 6.26 Å². The molecule has 0 N–H and O–H groups in total. The predicted octanol–water partition coefficient (Wildman–Crippen LogP) is 0.558. The molecular weight excluding hydrogens is 178 g/mol. The molecule has 1 aromatic rings. The molecule has 0 radical (unpaired) electrons. The number of aromatic nitrogens is 1. The van der Waals surface area contributed by atoms with Crippen molar-refractivity contribution in [1.82, 2.24) is 4.98 Å². The lowest BCUT2D eigenvalue weighted by Gasteiger charge is -1.99. The minimum atomic E-state index is -3.34. The van der Waals surface area contributed by atoms with Gasteiger partial charge in [0.2, 0.25) is 0 Å². The second-order valence-corrected chi connectivity index (χ2v) is 3.97. The Morgan fingerprint density at radius 2 is 2.00 bits per heavy atom. The zero-order chi connectivity index (χ0) is 9.03. The van der Waals surface area contributed by atoms with Gasteiger partial charge in [0.1, 0.15) is 0 Å². The van der Waals surface area contributed by atoms with Crippen LogP contribution < -0.4 is 0 Å². The van der Waals surface area contributed by atoms with Crippen molar-refractivity contribution in [1.29, 1.82) is 0 Å². The monoisotopic (exact) mass is 187 g/mol. The third kappa shape index (κ3) is 3.45. The number of nitrogens with zero attached hydrogens (tertiary/aromatic N) is 1. The summed E-state index contributed by atoms with van der Waals surface area (Å²) < 4.78 is 25.7. The van der Waals surface area contributed by atoms with Gasteiger partial charge in [-0.15, -0.1) is 0 Å². The fourth-order valence-electron chi connectivity index (χ4n) is 0.654. The van der Waals surface area contributed by atoms with Crippen molar-refractivity contribution in [3.05, 3.63) is 30.1 Å². The largest absolute Gasteiger partial charge is 0.265 e. The van der Waals surface area contributed by atoms with Crippen molar-refractivity contribution < 1.29 is 12.6 Å². The second kappa shape index (κ2) is 3.64. The molecule has 66 valence electrons. The van der Waals surface area contributed by atoms with E-state index in [1.54, 1.807) is 24.5 Å². The lowest BCUT2D eigenvalue weighted by atomic mass is 10.3. The van der Waals surface area contributed by atoms with Gasteiger partial charge in [-0.25, -0.2) is 0 Å². The van der Waals surface area contributed by atoms with Crippen molar-refractivity contribution in [3.63, 3.8) is 0 Å². The molecule has 1 heterocycles.